The van der Waals surface area contributed by atoms with E-state index in [1.807, 2.05) is 26.8 Å². The molecule has 3 amide bonds. The molecule has 0 radical (unpaired) electrons. The van der Waals surface area contributed by atoms with Crippen LogP contribution in [0.5, 0.6) is 5.75 Å². The van der Waals surface area contributed by atoms with Gasteiger partial charge in [-0.25, -0.2) is 9.37 Å². The third-order valence-corrected chi connectivity index (χ3v) is 9.82. The van der Waals surface area contributed by atoms with E-state index in [0.717, 1.165) is 32.7 Å². The fourth-order valence-corrected chi connectivity index (χ4v) is 6.52. The molecule has 5 N–H and O–H groups in total. The minimum Gasteiger partial charge on any atom is -0.494 e. The summed E-state index contributed by atoms with van der Waals surface area (Å²) in [4.78, 5) is 55.0. The van der Waals surface area contributed by atoms with Gasteiger partial charge in [0, 0.05) is 56.4 Å². The lowest BCUT2D eigenvalue weighted by Gasteiger charge is -2.36. The number of nitrogens with one attached hydrogen (secondary N) is 5. The summed E-state index contributed by atoms with van der Waals surface area (Å²) < 4.78 is 20.8. The molecule has 1 aromatic heterocycles. The summed E-state index contributed by atoms with van der Waals surface area (Å²) in [5, 5.41) is 15.0. The molecule has 2 aliphatic rings. The van der Waals surface area contributed by atoms with E-state index < -0.39 is 23.5 Å². The minimum atomic E-state index is -0.806. The quantitative estimate of drug-likeness (QED) is 0.171. The highest BCUT2D eigenvalue weighted by atomic mass is 19.1. The summed E-state index contributed by atoms with van der Waals surface area (Å²) >= 11 is 0. The van der Waals surface area contributed by atoms with Crippen molar-refractivity contribution in [3.05, 3.63) is 54.5 Å². The first-order valence-corrected chi connectivity index (χ1v) is 18.2. The number of halogens is 1. The Hall–Kier alpha value is -5.02. The van der Waals surface area contributed by atoms with Crippen molar-refractivity contribution in [3.63, 3.8) is 0 Å². The van der Waals surface area contributed by atoms with Crippen LogP contribution >= 0.6 is 0 Å². The topological polar surface area (TPSA) is 156 Å². The Labute approximate surface area is 311 Å². The lowest BCUT2D eigenvalue weighted by Crippen LogP contribution is -2.59. The molecule has 3 atom stereocenters. The van der Waals surface area contributed by atoms with Gasteiger partial charge < -0.3 is 46.0 Å². The first-order chi connectivity index (χ1) is 25.3. The second-order valence-electron chi connectivity index (χ2n) is 14.5. The van der Waals surface area contributed by atoms with Crippen molar-refractivity contribution < 1.29 is 23.5 Å². The molecule has 15 heteroatoms. The molecule has 3 heterocycles. The summed E-state index contributed by atoms with van der Waals surface area (Å²) in [5.41, 5.74) is 1.61. The number of piperazine rings is 1. The Bertz CT molecular complexity index is 1760. The van der Waals surface area contributed by atoms with Gasteiger partial charge in [-0.2, -0.15) is 4.98 Å². The largest absolute Gasteiger partial charge is 0.494 e. The number of carbonyl (C=O) groups excluding carboxylic acids is 3. The van der Waals surface area contributed by atoms with Gasteiger partial charge in [-0.15, -0.1) is 0 Å². The molecule has 2 aromatic carbocycles. The standard InChI is InChI=1S/C38H53FN10O4/c1-8-47-18-20-48(21-19-47)29-14-12-25(22-27(29)39)42-32-15-16-41-37(45-32)44-28-13-11-26(23-31(28)53-7)43-35(51)30-10-9-17-49(30)36(52)33(38(3,4)5)46-34(50)24(2)40-6/h11-16,22-24,30,33,40H,8-10,17-21H2,1-7H3,(H,43,51)(H,46,50)(H2,41,42,44,45)/t24-,30+,33+/m0/s1. The lowest BCUT2D eigenvalue weighted by molar-refractivity contribution is -0.143. The Balaban J connectivity index is 1.22. The molecule has 0 aliphatic carbocycles. The Morgan fingerprint density at radius 2 is 1.74 bits per heavy atom. The molecule has 0 spiro atoms. The van der Waals surface area contributed by atoms with E-state index in [-0.39, 0.29) is 29.5 Å². The highest BCUT2D eigenvalue weighted by Gasteiger charge is 2.42. The van der Waals surface area contributed by atoms with E-state index in [1.54, 1.807) is 55.4 Å². The number of hydrogen-bond donors (Lipinski definition) is 5. The summed E-state index contributed by atoms with van der Waals surface area (Å²) in [5.74, 6) is -0.0251. The van der Waals surface area contributed by atoms with Gasteiger partial charge in [0.05, 0.1) is 24.5 Å². The first-order valence-electron chi connectivity index (χ1n) is 18.2. The van der Waals surface area contributed by atoms with Crippen LogP contribution in [0.4, 0.5) is 38.9 Å². The van der Waals surface area contributed by atoms with E-state index in [0.29, 0.717) is 53.7 Å². The van der Waals surface area contributed by atoms with Gasteiger partial charge in [0.15, 0.2) is 0 Å². The van der Waals surface area contributed by atoms with E-state index in [4.69, 9.17) is 4.74 Å². The molecule has 0 saturated carbocycles. The zero-order chi connectivity index (χ0) is 38.3. The lowest BCUT2D eigenvalue weighted by atomic mass is 9.85. The van der Waals surface area contributed by atoms with Crippen molar-refractivity contribution in [1.82, 2.24) is 30.4 Å². The summed E-state index contributed by atoms with van der Waals surface area (Å²) in [6.07, 6.45) is 2.75. The van der Waals surface area contributed by atoms with E-state index in [2.05, 4.69) is 53.3 Å². The van der Waals surface area contributed by atoms with Gasteiger partial charge in [-0.3, -0.25) is 14.4 Å². The number of nitrogens with zero attached hydrogens (tertiary/aromatic N) is 5. The number of methoxy groups -OCH3 is 1. The number of rotatable bonds is 13. The molecule has 2 aliphatic heterocycles. The maximum atomic E-state index is 15.2. The van der Waals surface area contributed by atoms with Crippen LogP contribution in [0.25, 0.3) is 0 Å². The average Bonchev–Trinajstić information content (AvgIpc) is 3.64. The Kier molecular flexibility index (Phi) is 12.7. The number of hydrogen-bond acceptors (Lipinski definition) is 11. The number of carbonyl (C=O) groups is 3. The summed E-state index contributed by atoms with van der Waals surface area (Å²) in [6.45, 7) is 14.3. The monoisotopic (exact) mass is 732 g/mol. The van der Waals surface area contributed by atoms with Crippen molar-refractivity contribution in [3.8, 4) is 5.75 Å². The zero-order valence-electron chi connectivity index (χ0n) is 31.8. The van der Waals surface area contributed by atoms with Crippen molar-refractivity contribution in [1.29, 1.82) is 0 Å². The van der Waals surface area contributed by atoms with Crippen LogP contribution in [0.3, 0.4) is 0 Å². The van der Waals surface area contributed by atoms with Crippen molar-refractivity contribution in [2.45, 2.75) is 65.6 Å². The molecule has 53 heavy (non-hydrogen) atoms. The molecule has 2 saturated heterocycles. The first kappa shape index (κ1) is 39.2. The molecular formula is C38H53FN10O4. The highest BCUT2D eigenvalue weighted by Crippen LogP contribution is 2.32. The van der Waals surface area contributed by atoms with Crippen LogP contribution in [-0.4, -0.2) is 109 Å². The predicted octanol–water partition coefficient (Wildman–Crippen LogP) is 4.32. The number of anilines is 6. The normalized spacial score (nSPS) is 17.5. The number of likely N-dealkylation sites (N-methyl/N-ethyl adjacent to an activating group) is 2. The average molecular weight is 733 g/mol. The fourth-order valence-electron chi connectivity index (χ4n) is 6.52. The smallest absolute Gasteiger partial charge is 0.247 e. The van der Waals surface area contributed by atoms with Crippen LogP contribution < -0.4 is 36.2 Å². The number of ether oxygens (including phenoxy) is 1. The van der Waals surface area contributed by atoms with E-state index >= 15 is 4.39 Å². The van der Waals surface area contributed by atoms with Gasteiger partial charge in [0.25, 0.3) is 0 Å². The second-order valence-corrected chi connectivity index (χ2v) is 14.5. The molecule has 5 rings (SSSR count). The summed E-state index contributed by atoms with van der Waals surface area (Å²) in [7, 11) is 3.20. The van der Waals surface area contributed by atoms with Gasteiger partial charge >= 0.3 is 0 Å². The fraction of sp³-hybridized carbons (Fsp3) is 0.500. The van der Waals surface area contributed by atoms with Crippen molar-refractivity contribution in [2.75, 3.05) is 74.3 Å². The minimum absolute atomic E-state index is 0.278. The third kappa shape index (κ3) is 9.70. The van der Waals surface area contributed by atoms with E-state index in [1.165, 1.54) is 13.2 Å². The van der Waals surface area contributed by atoms with Gasteiger partial charge in [-0.1, -0.05) is 27.7 Å². The molecule has 3 aromatic rings. The maximum Gasteiger partial charge on any atom is 0.247 e. The predicted molar refractivity (Wildman–Crippen MR) is 206 cm³/mol. The molecule has 2 fully saturated rings. The van der Waals surface area contributed by atoms with Crippen LogP contribution in [0.15, 0.2) is 48.7 Å². The van der Waals surface area contributed by atoms with Crippen molar-refractivity contribution >= 4 is 52.2 Å². The molecule has 0 bridgehead atoms. The van der Waals surface area contributed by atoms with Crippen LogP contribution in [0, 0.1) is 11.2 Å². The van der Waals surface area contributed by atoms with Gasteiger partial charge in [-0.05, 0) is 75.2 Å². The molecule has 0 unspecified atom stereocenters. The summed E-state index contributed by atoms with van der Waals surface area (Å²) in [6, 6.07) is 9.94. The molecular weight excluding hydrogens is 679 g/mol. The molecule has 286 valence electrons. The van der Waals surface area contributed by atoms with Gasteiger partial charge in [0.1, 0.15) is 29.5 Å². The van der Waals surface area contributed by atoms with Crippen LogP contribution in [0.2, 0.25) is 0 Å². The Morgan fingerprint density at radius 1 is 1.00 bits per heavy atom. The van der Waals surface area contributed by atoms with Crippen LogP contribution in [-0.2, 0) is 14.4 Å². The number of aromatic nitrogens is 2. The van der Waals surface area contributed by atoms with Gasteiger partial charge in [0.2, 0.25) is 23.7 Å². The third-order valence-electron chi connectivity index (χ3n) is 9.82. The second kappa shape index (κ2) is 17.2. The SMILES string of the molecule is CCN1CCN(c2ccc(Nc3ccnc(Nc4ccc(NC(=O)[C@H]5CCCN5C(=O)[C@@H](NC(=O)[C@H](C)NC)C(C)(C)C)cc4OC)n3)cc2F)CC1. The van der Waals surface area contributed by atoms with Crippen molar-refractivity contribution in [2.24, 2.45) is 5.41 Å². The number of benzene rings is 2. The number of amides is 3. The zero-order valence-corrected chi connectivity index (χ0v) is 31.8. The molecule has 14 nitrogen and oxygen atoms in total. The number of likely N-dealkylation sites (tertiary alicyclic amines) is 1. The van der Waals surface area contributed by atoms with Crippen LogP contribution in [0.1, 0.15) is 47.5 Å². The van der Waals surface area contributed by atoms with E-state index in [9.17, 15) is 14.4 Å². The maximum absolute atomic E-state index is 15.2. The highest BCUT2D eigenvalue weighted by molar-refractivity contribution is 5.99. The Morgan fingerprint density at radius 3 is 2.40 bits per heavy atom.